The van der Waals surface area contributed by atoms with Gasteiger partial charge in [0.25, 0.3) is 0 Å². The number of hydrogen-bond acceptors (Lipinski definition) is 1. The number of nitrogens with zero attached hydrogens (tertiary/aromatic N) is 1. The first-order chi connectivity index (χ1) is 5.84. The summed E-state index contributed by atoms with van der Waals surface area (Å²) in [5.41, 5.74) is 0. The van der Waals surface area contributed by atoms with Gasteiger partial charge in [-0.2, -0.15) is 0 Å². The first kappa shape index (κ1) is 8.72. The number of rotatable bonds is 2. The van der Waals surface area contributed by atoms with E-state index in [0.717, 1.165) is 5.92 Å². The van der Waals surface area contributed by atoms with Crippen LogP contribution in [0.5, 0.6) is 0 Å². The average molecular weight is 183 g/mol. The molecule has 0 aromatic heterocycles. The van der Waals surface area contributed by atoms with E-state index in [4.69, 9.17) is 0 Å². The van der Waals surface area contributed by atoms with Crippen molar-refractivity contribution in [3.63, 3.8) is 0 Å². The third kappa shape index (κ3) is 2.08. The van der Waals surface area contributed by atoms with Gasteiger partial charge in [-0.05, 0) is 51.5 Å². The third-order valence-electron chi connectivity index (χ3n) is 3.02. The van der Waals surface area contributed by atoms with Crippen LogP contribution in [-0.2, 0) is 0 Å². The molecule has 0 saturated carbocycles. The normalized spacial score (nSPS) is 28.6. The van der Waals surface area contributed by atoms with Gasteiger partial charge in [-0.1, -0.05) is 20.0 Å². The topological polar surface area (TPSA) is 3.24 Å². The van der Waals surface area contributed by atoms with Gasteiger partial charge < -0.3 is 4.90 Å². The van der Waals surface area contributed by atoms with Crippen LogP contribution in [0.2, 0.25) is 0 Å². The van der Waals surface area contributed by atoms with E-state index in [9.17, 15) is 0 Å². The van der Waals surface area contributed by atoms with Crippen LogP contribution in [-0.4, -0.2) is 31.2 Å². The monoisotopic (exact) mass is 183 g/mol. The smallest absolute Gasteiger partial charge is 0.00190 e. The molecule has 0 aromatic carbocycles. The van der Waals surface area contributed by atoms with Crippen molar-refractivity contribution >= 4 is 8.58 Å². The van der Waals surface area contributed by atoms with Crippen LogP contribution in [0.25, 0.3) is 0 Å². The highest BCUT2D eigenvalue weighted by molar-refractivity contribution is 7.45. The van der Waals surface area contributed by atoms with Crippen molar-refractivity contribution in [3.8, 4) is 0 Å². The third-order valence-corrected chi connectivity index (χ3v) is 4.29. The molecule has 2 heterocycles. The Balaban J connectivity index is 1.74. The fraction of sp³-hybridized carbons (Fsp3) is 0.800. The Morgan fingerprint density at radius 3 is 2.67 bits per heavy atom. The highest BCUT2D eigenvalue weighted by Crippen LogP contribution is 2.39. The molecule has 0 amide bonds. The standard InChI is InChI=1S/C10H18NP/c1-11-5-2-9(3-6-11)8-10-4-7-12-10/h4,9,12H,2-3,5-8H2,1H3. The minimum Gasteiger partial charge on any atom is -0.306 e. The van der Waals surface area contributed by atoms with Gasteiger partial charge in [-0.25, -0.2) is 0 Å². The predicted octanol–water partition coefficient (Wildman–Crippen LogP) is 2.29. The van der Waals surface area contributed by atoms with E-state index in [-0.39, 0.29) is 0 Å². The lowest BCUT2D eigenvalue weighted by Gasteiger charge is -2.30. The lowest BCUT2D eigenvalue weighted by molar-refractivity contribution is 0.220. The first-order valence-corrected chi connectivity index (χ1v) is 6.17. The summed E-state index contributed by atoms with van der Waals surface area (Å²) in [6.07, 6.45) is 8.10. The second-order valence-corrected chi connectivity index (χ2v) is 5.47. The largest absolute Gasteiger partial charge is 0.306 e. The highest BCUT2D eigenvalue weighted by Gasteiger charge is 2.18. The number of hydrogen-bond donors (Lipinski definition) is 0. The zero-order valence-electron chi connectivity index (χ0n) is 7.84. The van der Waals surface area contributed by atoms with E-state index in [1.807, 2.05) is 0 Å². The highest BCUT2D eigenvalue weighted by atomic mass is 31.1. The lowest BCUT2D eigenvalue weighted by atomic mass is 9.93. The molecule has 0 aromatic rings. The van der Waals surface area contributed by atoms with E-state index in [1.165, 1.54) is 47.1 Å². The summed E-state index contributed by atoms with van der Waals surface area (Å²) >= 11 is 0. The number of piperidine rings is 1. The molecule has 12 heavy (non-hydrogen) atoms. The molecule has 2 aliphatic heterocycles. The molecular weight excluding hydrogens is 165 g/mol. The summed E-state index contributed by atoms with van der Waals surface area (Å²) in [5, 5.41) is 1.77. The number of likely N-dealkylation sites (tertiary alicyclic amines) is 1. The van der Waals surface area contributed by atoms with Crippen molar-refractivity contribution in [2.24, 2.45) is 5.92 Å². The zero-order chi connectivity index (χ0) is 8.39. The minimum absolute atomic E-state index is 1.01. The van der Waals surface area contributed by atoms with E-state index in [1.54, 1.807) is 5.31 Å². The Bertz CT molecular complexity index is 180. The van der Waals surface area contributed by atoms with Crippen LogP contribution < -0.4 is 0 Å². The first-order valence-electron chi connectivity index (χ1n) is 4.96. The van der Waals surface area contributed by atoms with Crippen LogP contribution in [0, 0.1) is 5.92 Å². The van der Waals surface area contributed by atoms with Crippen molar-refractivity contribution in [1.82, 2.24) is 4.90 Å². The summed E-state index contributed by atoms with van der Waals surface area (Å²) in [6.45, 7) is 2.64. The molecule has 1 atom stereocenters. The van der Waals surface area contributed by atoms with Gasteiger partial charge in [-0.15, -0.1) is 0 Å². The summed E-state index contributed by atoms with van der Waals surface area (Å²) < 4.78 is 0. The van der Waals surface area contributed by atoms with Crippen LogP contribution in [0.3, 0.4) is 0 Å². The van der Waals surface area contributed by atoms with E-state index < -0.39 is 0 Å². The Hall–Kier alpha value is 0.130. The maximum Gasteiger partial charge on any atom is -0.00190 e. The molecule has 1 unspecified atom stereocenters. The average Bonchev–Trinajstić information content (AvgIpc) is 2.00. The van der Waals surface area contributed by atoms with Crippen molar-refractivity contribution in [3.05, 3.63) is 11.4 Å². The SMILES string of the molecule is CN1CCC(CC2=CCP2)CC1. The van der Waals surface area contributed by atoms with Crippen LogP contribution >= 0.6 is 8.58 Å². The maximum absolute atomic E-state index is 2.45. The van der Waals surface area contributed by atoms with E-state index in [0.29, 0.717) is 0 Å². The molecule has 1 fully saturated rings. The van der Waals surface area contributed by atoms with Gasteiger partial charge >= 0.3 is 0 Å². The van der Waals surface area contributed by atoms with Gasteiger partial charge in [0.2, 0.25) is 0 Å². The van der Waals surface area contributed by atoms with Gasteiger partial charge in [0.05, 0.1) is 0 Å². The molecule has 0 spiro atoms. The molecule has 0 radical (unpaired) electrons. The minimum atomic E-state index is 1.01. The Morgan fingerprint density at radius 2 is 2.17 bits per heavy atom. The molecule has 2 rings (SSSR count). The fourth-order valence-electron chi connectivity index (χ4n) is 1.98. The van der Waals surface area contributed by atoms with Gasteiger partial charge in [0.15, 0.2) is 0 Å². The number of allylic oxidation sites excluding steroid dienone is 2. The van der Waals surface area contributed by atoms with Crippen LogP contribution in [0.4, 0.5) is 0 Å². The fourth-order valence-corrected chi connectivity index (χ4v) is 2.90. The molecule has 68 valence electrons. The molecule has 1 nitrogen and oxygen atoms in total. The Kier molecular flexibility index (Phi) is 2.83. The summed E-state index contributed by atoms with van der Waals surface area (Å²) in [7, 11) is 3.41. The summed E-state index contributed by atoms with van der Waals surface area (Å²) in [5.74, 6) is 1.01. The summed E-state index contributed by atoms with van der Waals surface area (Å²) in [6, 6.07) is 0. The molecule has 0 N–H and O–H groups in total. The van der Waals surface area contributed by atoms with Gasteiger partial charge in [-0.3, -0.25) is 0 Å². The maximum atomic E-state index is 2.45. The molecule has 1 saturated heterocycles. The molecule has 2 heteroatoms. The van der Waals surface area contributed by atoms with Crippen LogP contribution in [0.1, 0.15) is 19.3 Å². The predicted molar refractivity (Wildman–Crippen MR) is 56.1 cm³/mol. The Labute approximate surface area is 77.0 Å². The Morgan fingerprint density at radius 1 is 1.50 bits per heavy atom. The van der Waals surface area contributed by atoms with E-state index in [2.05, 4.69) is 18.0 Å². The van der Waals surface area contributed by atoms with Crippen molar-refractivity contribution in [2.45, 2.75) is 19.3 Å². The molecular formula is C10H18NP. The van der Waals surface area contributed by atoms with E-state index >= 15 is 0 Å². The second kappa shape index (κ2) is 3.89. The molecule has 2 aliphatic rings. The molecule has 0 aliphatic carbocycles. The zero-order valence-corrected chi connectivity index (χ0v) is 8.84. The second-order valence-electron chi connectivity index (χ2n) is 4.06. The van der Waals surface area contributed by atoms with Gasteiger partial charge in [0.1, 0.15) is 0 Å². The quantitative estimate of drug-likeness (QED) is 0.594. The van der Waals surface area contributed by atoms with Crippen molar-refractivity contribution < 1.29 is 0 Å². The van der Waals surface area contributed by atoms with Crippen LogP contribution in [0.15, 0.2) is 11.4 Å². The lowest BCUT2D eigenvalue weighted by Crippen LogP contribution is -2.30. The molecule has 0 bridgehead atoms. The van der Waals surface area contributed by atoms with Crippen molar-refractivity contribution in [2.75, 3.05) is 26.3 Å². The summed E-state index contributed by atoms with van der Waals surface area (Å²) in [4.78, 5) is 2.45. The van der Waals surface area contributed by atoms with Crippen molar-refractivity contribution in [1.29, 1.82) is 0 Å². The van der Waals surface area contributed by atoms with Gasteiger partial charge in [0, 0.05) is 0 Å².